The highest BCUT2D eigenvalue weighted by Crippen LogP contribution is 2.19. The first-order valence-electron chi connectivity index (χ1n) is 16.9. The van der Waals surface area contributed by atoms with Crippen molar-refractivity contribution in [2.75, 3.05) is 65.7 Å². The summed E-state index contributed by atoms with van der Waals surface area (Å²) < 4.78 is 21.9. The minimum absolute atomic E-state index is 0.0109. The standard InChI is InChI=1S/C35H51NO10.CH4S/c1-27-25-34(41)36(35(27)42)16-14-32(39)7-4-17-43-19-21-45-23-24-46-22-20-44-18-15-33(40)26-30-10-8-29(9-11-30)12-13-31(38)6-3-5-28(2)37;1-2/h8-11,27H,3-7,12-26H2,1-2H3;2H,1H3. The van der Waals surface area contributed by atoms with Crippen LogP contribution >= 0.6 is 12.6 Å². The number of amides is 2. The molecule has 2 amide bonds. The number of hydrogen-bond donors (Lipinski definition) is 1. The van der Waals surface area contributed by atoms with Crippen LogP contribution in [0.25, 0.3) is 0 Å². The van der Waals surface area contributed by atoms with E-state index in [0.717, 1.165) is 11.1 Å². The lowest BCUT2D eigenvalue weighted by atomic mass is 10.0. The Morgan fingerprint density at radius 2 is 1.19 bits per heavy atom. The normalized spacial score (nSPS) is 14.2. The summed E-state index contributed by atoms with van der Waals surface area (Å²) >= 11 is 3.53. The van der Waals surface area contributed by atoms with Crippen molar-refractivity contribution in [1.29, 1.82) is 0 Å². The van der Waals surface area contributed by atoms with E-state index in [1.165, 1.54) is 11.8 Å². The molecule has 1 aromatic carbocycles. The Bertz CT molecular complexity index is 1120. The molecule has 0 bridgehead atoms. The summed E-state index contributed by atoms with van der Waals surface area (Å²) in [6, 6.07) is 7.76. The zero-order valence-corrected chi connectivity index (χ0v) is 29.9. The highest BCUT2D eigenvalue weighted by Gasteiger charge is 2.35. The monoisotopic (exact) mass is 693 g/mol. The van der Waals surface area contributed by atoms with Crippen molar-refractivity contribution in [2.24, 2.45) is 5.92 Å². The van der Waals surface area contributed by atoms with Crippen LogP contribution in [0.5, 0.6) is 0 Å². The molecule has 0 N–H and O–H groups in total. The first-order valence-corrected chi connectivity index (χ1v) is 17.8. The number of nitrogens with zero attached hydrogens (tertiary/aromatic N) is 1. The number of ketones is 4. The van der Waals surface area contributed by atoms with Gasteiger partial charge in [-0.25, -0.2) is 0 Å². The molecule has 0 saturated carbocycles. The summed E-state index contributed by atoms with van der Waals surface area (Å²) in [5.41, 5.74) is 1.99. The maximum atomic E-state index is 12.3. The van der Waals surface area contributed by atoms with Gasteiger partial charge in [-0.3, -0.25) is 28.9 Å². The quantitative estimate of drug-likeness (QED) is 0.0771. The number of hydrogen-bond acceptors (Lipinski definition) is 11. The number of likely N-dealkylation sites (tertiary alicyclic amines) is 1. The minimum atomic E-state index is -0.288. The van der Waals surface area contributed by atoms with Crippen LogP contribution in [0.15, 0.2) is 24.3 Å². The van der Waals surface area contributed by atoms with Gasteiger partial charge in [0, 0.05) is 70.4 Å². The van der Waals surface area contributed by atoms with Gasteiger partial charge in [0.05, 0.1) is 46.2 Å². The van der Waals surface area contributed by atoms with Crippen molar-refractivity contribution >= 4 is 47.6 Å². The predicted octanol–water partition coefficient (Wildman–Crippen LogP) is 4.20. The van der Waals surface area contributed by atoms with E-state index in [1.54, 1.807) is 13.2 Å². The van der Waals surface area contributed by atoms with Gasteiger partial charge in [0.25, 0.3) is 0 Å². The number of rotatable bonds is 28. The Morgan fingerprint density at radius 1 is 0.667 bits per heavy atom. The molecule has 11 nitrogen and oxygen atoms in total. The van der Waals surface area contributed by atoms with Gasteiger partial charge in [-0.1, -0.05) is 31.2 Å². The zero-order valence-electron chi connectivity index (χ0n) is 29.0. The number of Topliss-reactive ketones (excluding diaryl/α,β-unsaturated/α-hetero) is 4. The molecule has 1 saturated heterocycles. The molecule has 12 heteroatoms. The van der Waals surface area contributed by atoms with Gasteiger partial charge in [-0.05, 0) is 43.6 Å². The lowest BCUT2D eigenvalue weighted by Crippen LogP contribution is -2.32. The summed E-state index contributed by atoms with van der Waals surface area (Å²) in [6.45, 7) is 6.66. The van der Waals surface area contributed by atoms with Crippen LogP contribution in [-0.4, -0.2) is 106 Å². The smallest absolute Gasteiger partial charge is 0.232 e. The Labute approximate surface area is 291 Å². The first-order chi connectivity index (χ1) is 23.2. The van der Waals surface area contributed by atoms with Gasteiger partial charge in [0.15, 0.2) is 0 Å². The van der Waals surface area contributed by atoms with Crippen molar-refractivity contribution in [3.8, 4) is 0 Å². The molecule has 1 fully saturated rings. The molecule has 1 atom stereocenters. The molecular formula is C36H55NO10S. The second-order valence-corrected chi connectivity index (χ2v) is 11.7. The lowest BCUT2D eigenvalue weighted by Gasteiger charge is -2.13. The zero-order chi connectivity index (χ0) is 35.6. The third-order valence-electron chi connectivity index (χ3n) is 7.57. The lowest BCUT2D eigenvalue weighted by molar-refractivity contribution is -0.139. The summed E-state index contributed by atoms with van der Waals surface area (Å²) in [5, 5.41) is 0. The molecule has 2 rings (SSSR count). The fourth-order valence-corrected chi connectivity index (χ4v) is 4.85. The topological polar surface area (TPSA) is 143 Å². The fraction of sp³-hybridized carbons (Fsp3) is 0.667. The number of thiol groups is 1. The molecular weight excluding hydrogens is 638 g/mol. The number of ether oxygens (including phenoxy) is 4. The molecule has 1 heterocycles. The van der Waals surface area contributed by atoms with Crippen LogP contribution in [0.1, 0.15) is 82.8 Å². The molecule has 1 aliphatic heterocycles. The Morgan fingerprint density at radius 3 is 1.75 bits per heavy atom. The van der Waals surface area contributed by atoms with Gasteiger partial charge in [-0.2, -0.15) is 12.6 Å². The van der Waals surface area contributed by atoms with Gasteiger partial charge >= 0.3 is 0 Å². The van der Waals surface area contributed by atoms with Crippen LogP contribution in [0.3, 0.4) is 0 Å². The largest absolute Gasteiger partial charge is 0.379 e. The average Bonchev–Trinajstić information content (AvgIpc) is 3.31. The van der Waals surface area contributed by atoms with E-state index in [-0.39, 0.29) is 60.3 Å². The van der Waals surface area contributed by atoms with E-state index in [9.17, 15) is 28.8 Å². The summed E-state index contributed by atoms with van der Waals surface area (Å²) in [4.78, 5) is 72.0. The molecule has 1 aromatic rings. The number of carbonyl (C=O) groups is 6. The van der Waals surface area contributed by atoms with Gasteiger partial charge in [0.1, 0.15) is 23.1 Å². The molecule has 0 radical (unpaired) electrons. The SMILES string of the molecule is CC(=O)CCCC(=O)CCc1ccc(CC(=O)CCOCCOCCOCCOCCCC(=O)CCN2C(=O)CC(C)C2=O)cc1.CS. The number of carbonyl (C=O) groups excluding carboxylic acids is 6. The Kier molecular flexibility index (Phi) is 24.4. The van der Waals surface area contributed by atoms with Crippen LogP contribution in [0.4, 0.5) is 0 Å². The van der Waals surface area contributed by atoms with Crippen molar-refractivity contribution in [3.05, 3.63) is 35.4 Å². The van der Waals surface area contributed by atoms with E-state index in [0.29, 0.717) is 111 Å². The first kappa shape index (κ1) is 43.3. The molecule has 1 aliphatic rings. The van der Waals surface area contributed by atoms with Crippen molar-refractivity contribution < 1.29 is 47.7 Å². The molecule has 1 unspecified atom stereocenters. The van der Waals surface area contributed by atoms with Crippen LogP contribution < -0.4 is 0 Å². The molecule has 0 aromatic heterocycles. The third-order valence-corrected chi connectivity index (χ3v) is 7.57. The van der Waals surface area contributed by atoms with Crippen LogP contribution in [-0.2, 0) is 60.6 Å². The predicted molar refractivity (Wildman–Crippen MR) is 185 cm³/mol. The van der Waals surface area contributed by atoms with E-state index < -0.39 is 0 Å². The number of benzene rings is 1. The van der Waals surface area contributed by atoms with Gasteiger partial charge in [-0.15, -0.1) is 0 Å². The van der Waals surface area contributed by atoms with E-state index in [2.05, 4.69) is 12.6 Å². The van der Waals surface area contributed by atoms with E-state index >= 15 is 0 Å². The molecule has 270 valence electrons. The fourth-order valence-electron chi connectivity index (χ4n) is 4.85. The van der Waals surface area contributed by atoms with Crippen LogP contribution in [0.2, 0.25) is 0 Å². The van der Waals surface area contributed by atoms with Crippen molar-refractivity contribution in [3.63, 3.8) is 0 Å². The Balaban J connectivity index is 0.00000565. The third kappa shape index (κ3) is 20.6. The number of imide groups is 1. The minimum Gasteiger partial charge on any atom is -0.379 e. The average molecular weight is 694 g/mol. The van der Waals surface area contributed by atoms with Gasteiger partial charge < -0.3 is 23.7 Å². The second-order valence-electron chi connectivity index (χ2n) is 11.7. The summed E-state index contributed by atoms with van der Waals surface area (Å²) in [7, 11) is 0. The van der Waals surface area contributed by atoms with Crippen LogP contribution in [0, 0.1) is 5.92 Å². The highest BCUT2D eigenvalue weighted by atomic mass is 32.1. The summed E-state index contributed by atoms with van der Waals surface area (Å²) in [6.07, 6.45) is 6.34. The Hall–Kier alpha value is -2.77. The summed E-state index contributed by atoms with van der Waals surface area (Å²) in [5.74, 6) is -0.293. The molecule has 48 heavy (non-hydrogen) atoms. The maximum Gasteiger partial charge on any atom is 0.232 e. The van der Waals surface area contributed by atoms with E-state index in [1.807, 2.05) is 24.3 Å². The second kappa shape index (κ2) is 27.1. The van der Waals surface area contributed by atoms with Crippen molar-refractivity contribution in [1.82, 2.24) is 4.90 Å². The van der Waals surface area contributed by atoms with Gasteiger partial charge in [0.2, 0.25) is 11.8 Å². The molecule has 0 spiro atoms. The van der Waals surface area contributed by atoms with Crippen molar-refractivity contribution in [2.45, 2.75) is 84.5 Å². The van der Waals surface area contributed by atoms with E-state index in [4.69, 9.17) is 18.9 Å². The molecule has 0 aliphatic carbocycles. The number of aryl methyl sites for hydroxylation is 1. The maximum absolute atomic E-state index is 12.3. The highest BCUT2D eigenvalue weighted by molar-refractivity contribution is 7.79.